The highest BCUT2D eigenvalue weighted by atomic mass is 16.5. The van der Waals surface area contributed by atoms with Crippen molar-refractivity contribution in [1.29, 1.82) is 0 Å². The van der Waals surface area contributed by atoms with Crippen molar-refractivity contribution in [2.24, 2.45) is 11.8 Å². The number of carbonyl (C=O) groups is 3. The smallest absolute Gasteiger partial charge is 0.407 e. The number of aliphatic carboxylic acids is 1. The van der Waals surface area contributed by atoms with E-state index in [0.717, 1.165) is 19.3 Å². The van der Waals surface area contributed by atoms with Gasteiger partial charge in [-0.25, -0.2) is 4.79 Å². The number of carboxylic acid groups (broad SMARTS) is 1. The second-order valence-corrected chi connectivity index (χ2v) is 10.2. The van der Waals surface area contributed by atoms with Crippen LogP contribution in [0, 0.1) is 11.8 Å². The largest absolute Gasteiger partial charge is 0.481 e. The van der Waals surface area contributed by atoms with E-state index in [2.05, 4.69) is 29.6 Å². The zero-order chi connectivity index (χ0) is 24.5. The molecular weight excluding hydrogens is 444 g/mol. The van der Waals surface area contributed by atoms with E-state index in [1.54, 1.807) is 11.9 Å². The number of rotatable bonds is 7. The Kier molecular flexibility index (Phi) is 6.50. The SMILES string of the molecule is CN(C(=O)C[C@@H]1CC[C@H](NC(=O)OCC2c3ccccc3-c3ccccc32)C1)C1CC(C(=O)O)C1. The van der Waals surface area contributed by atoms with Gasteiger partial charge in [-0.05, 0) is 60.3 Å². The lowest BCUT2D eigenvalue weighted by Crippen LogP contribution is -2.48. The molecule has 0 spiro atoms. The fraction of sp³-hybridized carbons (Fsp3) is 0.464. The Morgan fingerprint density at radius 3 is 2.23 bits per heavy atom. The summed E-state index contributed by atoms with van der Waals surface area (Å²) in [5, 5.41) is 12.0. The number of carboxylic acids is 1. The molecule has 2 aromatic carbocycles. The number of carbonyl (C=O) groups excluding carboxylic acids is 2. The molecule has 7 heteroatoms. The Bertz CT molecular complexity index is 1080. The van der Waals surface area contributed by atoms with E-state index >= 15 is 0 Å². The summed E-state index contributed by atoms with van der Waals surface area (Å²) in [5.74, 6) is -0.790. The van der Waals surface area contributed by atoms with E-state index in [1.807, 2.05) is 24.3 Å². The van der Waals surface area contributed by atoms with Crippen LogP contribution in [0.5, 0.6) is 0 Å². The van der Waals surface area contributed by atoms with Crippen LogP contribution in [0.3, 0.4) is 0 Å². The van der Waals surface area contributed by atoms with E-state index in [4.69, 9.17) is 9.84 Å². The van der Waals surface area contributed by atoms with Crippen LogP contribution in [0.2, 0.25) is 0 Å². The van der Waals surface area contributed by atoms with Gasteiger partial charge in [0.1, 0.15) is 6.61 Å². The predicted octanol–water partition coefficient (Wildman–Crippen LogP) is 4.41. The molecule has 3 aliphatic rings. The molecule has 2 aromatic rings. The molecule has 2 N–H and O–H groups in total. The molecule has 0 aliphatic heterocycles. The number of alkyl carbamates (subject to hydrolysis) is 1. The Morgan fingerprint density at radius 1 is 0.971 bits per heavy atom. The van der Waals surface area contributed by atoms with Crippen molar-refractivity contribution in [2.45, 2.75) is 56.5 Å². The fourth-order valence-corrected chi connectivity index (χ4v) is 5.90. The average molecular weight is 477 g/mol. The average Bonchev–Trinajstić information content (AvgIpc) is 3.38. The predicted molar refractivity (Wildman–Crippen MR) is 131 cm³/mol. The van der Waals surface area contributed by atoms with Crippen molar-refractivity contribution >= 4 is 18.0 Å². The summed E-state index contributed by atoms with van der Waals surface area (Å²) < 4.78 is 5.67. The number of nitrogens with zero attached hydrogens (tertiary/aromatic N) is 1. The van der Waals surface area contributed by atoms with Crippen LogP contribution in [0.15, 0.2) is 48.5 Å². The zero-order valence-electron chi connectivity index (χ0n) is 20.0. The Labute approximate surface area is 205 Å². The summed E-state index contributed by atoms with van der Waals surface area (Å²) in [7, 11) is 1.77. The monoisotopic (exact) mass is 476 g/mol. The molecule has 3 aliphatic carbocycles. The van der Waals surface area contributed by atoms with Crippen LogP contribution in [0.25, 0.3) is 11.1 Å². The maximum Gasteiger partial charge on any atom is 0.407 e. The molecule has 184 valence electrons. The van der Waals surface area contributed by atoms with Gasteiger partial charge in [-0.15, -0.1) is 0 Å². The minimum Gasteiger partial charge on any atom is -0.481 e. The van der Waals surface area contributed by atoms with Crippen LogP contribution >= 0.6 is 0 Å². The van der Waals surface area contributed by atoms with Gasteiger partial charge in [0.15, 0.2) is 0 Å². The second-order valence-electron chi connectivity index (χ2n) is 10.2. The van der Waals surface area contributed by atoms with Gasteiger partial charge in [-0.3, -0.25) is 9.59 Å². The topological polar surface area (TPSA) is 95.9 Å². The van der Waals surface area contributed by atoms with E-state index in [9.17, 15) is 14.4 Å². The van der Waals surface area contributed by atoms with Crippen LogP contribution in [-0.2, 0) is 14.3 Å². The van der Waals surface area contributed by atoms with Gasteiger partial charge in [-0.2, -0.15) is 0 Å². The number of ether oxygens (including phenoxy) is 1. The molecule has 5 rings (SSSR count). The van der Waals surface area contributed by atoms with E-state index in [1.165, 1.54) is 22.3 Å². The molecule has 0 radical (unpaired) electrons. The number of hydrogen-bond donors (Lipinski definition) is 2. The fourth-order valence-electron chi connectivity index (χ4n) is 5.90. The van der Waals surface area contributed by atoms with Crippen molar-refractivity contribution in [3.63, 3.8) is 0 Å². The first kappa shape index (κ1) is 23.4. The second kappa shape index (κ2) is 9.72. The molecule has 0 aromatic heterocycles. The molecule has 2 amide bonds. The van der Waals surface area contributed by atoms with Gasteiger partial charge in [-0.1, -0.05) is 48.5 Å². The molecule has 2 atom stereocenters. The summed E-state index contributed by atoms with van der Waals surface area (Å²) in [5.41, 5.74) is 4.77. The lowest BCUT2D eigenvalue weighted by Gasteiger charge is -2.39. The van der Waals surface area contributed by atoms with Crippen LogP contribution < -0.4 is 5.32 Å². The van der Waals surface area contributed by atoms with Crippen molar-refractivity contribution in [2.75, 3.05) is 13.7 Å². The number of benzene rings is 2. The normalized spacial score (nSPS) is 24.7. The van der Waals surface area contributed by atoms with Gasteiger partial charge in [0.25, 0.3) is 0 Å². The van der Waals surface area contributed by atoms with E-state index in [0.29, 0.717) is 19.3 Å². The molecule has 7 nitrogen and oxygen atoms in total. The molecule has 0 saturated heterocycles. The van der Waals surface area contributed by atoms with Gasteiger partial charge < -0.3 is 20.1 Å². The minimum atomic E-state index is -0.778. The van der Waals surface area contributed by atoms with Crippen molar-refractivity contribution < 1.29 is 24.2 Å². The standard InChI is InChI=1S/C28H32N2O5/c1-30(20-14-18(15-20)27(32)33)26(31)13-17-10-11-19(12-17)29-28(34)35-16-25-23-8-4-2-6-21(23)22-7-3-5-9-24(22)25/h2-9,17-20,25H,10-16H2,1H3,(H,29,34)(H,32,33)/t17-,18?,19+,20?/m1/s1. The van der Waals surface area contributed by atoms with Gasteiger partial charge in [0.05, 0.1) is 5.92 Å². The number of nitrogens with one attached hydrogen (secondary N) is 1. The summed E-state index contributed by atoms with van der Waals surface area (Å²) in [4.78, 5) is 38.0. The first-order valence-electron chi connectivity index (χ1n) is 12.5. The summed E-state index contributed by atoms with van der Waals surface area (Å²) in [6.07, 6.45) is 3.57. The third-order valence-corrected chi connectivity index (χ3v) is 8.07. The van der Waals surface area contributed by atoms with Gasteiger partial charge in [0, 0.05) is 31.5 Å². The maximum atomic E-state index is 12.7. The quantitative estimate of drug-likeness (QED) is 0.617. The number of hydrogen-bond acceptors (Lipinski definition) is 4. The van der Waals surface area contributed by atoms with Crippen molar-refractivity contribution in [3.05, 3.63) is 59.7 Å². The third-order valence-electron chi connectivity index (χ3n) is 8.07. The highest BCUT2D eigenvalue weighted by Crippen LogP contribution is 2.44. The Morgan fingerprint density at radius 2 is 1.60 bits per heavy atom. The van der Waals surface area contributed by atoms with Crippen molar-refractivity contribution in [1.82, 2.24) is 10.2 Å². The van der Waals surface area contributed by atoms with Crippen LogP contribution in [-0.4, -0.2) is 53.7 Å². The number of fused-ring (bicyclic) bond motifs is 3. The molecule has 0 bridgehead atoms. The highest BCUT2D eigenvalue weighted by Gasteiger charge is 2.39. The molecule has 2 saturated carbocycles. The third kappa shape index (κ3) is 4.77. The van der Waals surface area contributed by atoms with Crippen LogP contribution in [0.1, 0.15) is 55.6 Å². The molecule has 35 heavy (non-hydrogen) atoms. The van der Waals surface area contributed by atoms with E-state index in [-0.39, 0.29) is 42.4 Å². The molecule has 2 fully saturated rings. The molecular formula is C28H32N2O5. The lowest BCUT2D eigenvalue weighted by molar-refractivity contribution is -0.150. The molecule has 0 heterocycles. The van der Waals surface area contributed by atoms with E-state index < -0.39 is 12.1 Å². The minimum absolute atomic E-state index is 0.00819. The Hall–Kier alpha value is -3.35. The first-order valence-corrected chi connectivity index (χ1v) is 12.5. The molecule has 0 unspecified atom stereocenters. The first-order chi connectivity index (χ1) is 16.9. The van der Waals surface area contributed by atoms with Crippen LogP contribution in [0.4, 0.5) is 4.79 Å². The maximum absolute atomic E-state index is 12.7. The van der Waals surface area contributed by atoms with Gasteiger partial charge >= 0.3 is 12.1 Å². The lowest BCUT2D eigenvalue weighted by atomic mass is 9.79. The highest BCUT2D eigenvalue weighted by molar-refractivity contribution is 5.79. The van der Waals surface area contributed by atoms with Crippen molar-refractivity contribution in [3.8, 4) is 11.1 Å². The summed E-state index contributed by atoms with van der Waals surface area (Å²) in [6, 6.07) is 16.6. The summed E-state index contributed by atoms with van der Waals surface area (Å²) in [6.45, 7) is 0.290. The number of amides is 2. The zero-order valence-corrected chi connectivity index (χ0v) is 20.0. The summed E-state index contributed by atoms with van der Waals surface area (Å²) >= 11 is 0. The Balaban J connectivity index is 1.08. The van der Waals surface area contributed by atoms with Gasteiger partial charge in [0.2, 0.25) is 5.91 Å².